The number of hydrogen-bond acceptors (Lipinski definition) is 3. The number of aryl methyl sites for hydroxylation is 1. The van der Waals surface area contributed by atoms with Gasteiger partial charge < -0.3 is 10.2 Å². The molecule has 3 nitrogen and oxygen atoms in total. The maximum absolute atomic E-state index is 4.87. The Bertz CT molecular complexity index is 409. The highest BCUT2D eigenvalue weighted by Gasteiger charge is 2.12. The van der Waals surface area contributed by atoms with E-state index in [0.717, 1.165) is 19.5 Å². The molecule has 118 valence electrons. The van der Waals surface area contributed by atoms with Crippen molar-refractivity contribution in [1.82, 2.24) is 10.3 Å². The molecule has 2 rings (SSSR count). The average Bonchev–Trinajstić information content (AvgIpc) is 2.47. The van der Waals surface area contributed by atoms with Gasteiger partial charge >= 0.3 is 0 Å². The van der Waals surface area contributed by atoms with E-state index in [1.807, 2.05) is 0 Å². The zero-order valence-electron chi connectivity index (χ0n) is 13.8. The van der Waals surface area contributed by atoms with Gasteiger partial charge in [-0.25, -0.2) is 4.98 Å². The summed E-state index contributed by atoms with van der Waals surface area (Å²) in [7, 11) is 0. The first-order chi connectivity index (χ1) is 10.3. The van der Waals surface area contributed by atoms with Crippen LogP contribution in [0.4, 0.5) is 5.82 Å². The molecule has 0 saturated carbocycles. The third-order valence-electron chi connectivity index (χ3n) is 4.22. The lowest BCUT2D eigenvalue weighted by atomic mass is 10.1. The zero-order chi connectivity index (χ0) is 14.9. The fourth-order valence-corrected chi connectivity index (χ4v) is 2.96. The summed E-state index contributed by atoms with van der Waals surface area (Å²) in [5, 5.41) is 3.51. The van der Waals surface area contributed by atoms with Crippen molar-refractivity contribution in [2.24, 2.45) is 0 Å². The van der Waals surface area contributed by atoms with Crippen molar-refractivity contribution in [3.05, 3.63) is 23.4 Å². The van der Waals surface area contributed by atoms with E-state index < -0.39 is 0 Å². The Kier molecular flexibility index (Phi) is 7.01. The molecule has 2 heterocycles. The van der Waals surface area contributed by atoms with E-state index in [4.69, 9.17) is 4.98 Å². The summed E-state index contributed by atoms with van der Waals surface area (Å²) in [5.74, 6) is 1.20. The first kappa shape index (κ1) is 16.3. The van der Waals surface area contributed by atoms with E-state index in [1.165, 1.54) is 68.7 Å². The molecule has 1 fully saturated rings. The molecule has 0 atom stereocenters. The molecule has 0 unspecified atom stereocenters. The molecule has 0 amide bonds. The van der Waals surface area contributed by atoms with Crippen LogP contribution in [0.3, 0.4) is 0 Å². The van der Waals surface area contributed by atoms with Crippen molar-refractivity contribution in [3.63, 3.8) is 0 Å². The first-order valence-electron chi connectivity index (χ1n) is 8.79. The minimum Gasteiger partial charge on any atom is -0.357 e. The second-order valence-corrected chi connectivity index (χ2v) is 6.11. The van der Waals surface area contributed by atoms with Crippen LogP contribution in [0.5, 0.6) is 0 Å². The van der Waals surface area contributed by atoms with Crippen molar-refractivity contribution in [3.8, 4) is 0 Å². The number of aromatic nitrogens is 1. The highest BCUT2D eigenvalue weighted by atomic mass is 15.2. The van der Waals surface area contributed by atoms with Crippen LogP contribution >= 0.6 is 0 Å². The van der Waals surface area contributed by atoms with Crippen LogP contribution in [-0.2, 0) is 13.0 Å². The molecule has 1 aliphatic rings. The van der Waals surface area contributed by atoms with Crippen molar-refractivity contribution in [1.29, 1.82) is 0 Å². The van der Waals surface area contributed by atoms with Gasteiger partial charge in [-0.2, -0.15) is 0 Å². The second kappa shape index (κ2) is 9.04. The molecule has 1 saturated heterocycles. The fraction of sp³-hybridized carbons (Fsp3) is 0.722. The Morgan fingerprint density at radius 2 is 1.76 bits per heavy atom. The Balaban J connectivity index is 2.10. The quantitative estimate of drug-likeness (QED) is 0.805. The van der Waals surface area contributed by atoms with Crippen LogP contribution in [0, 0.1) is 0 Å². The van der Waals surface area contributed by atoms with Crippen LogP contribution in [0.25, 0.3) is 0 Å². The van der Waals surface area contributed by atoms with Crippen molar-refractivity contribution in [2.45, 2.75) is 65.3 Å². The Morgan fingerprint density at radius 1 is 1.05 bits per heavy atom. The fourth-order valence-electron chi connectivity index (χ4n) is 2.96. The Labute approximate surface area is 130 Å². The van der Waals surface area contributed by atoms with Crippen LogP contribution in [0.15, 0.2) is 12.1 Å². The van der Waals surface area contributed by atoms with Gasteiger partial charge in [-0.1, -0.05) is 33.1 Å². The molecule has 21 heavy (non-hydrogen) atoms. The van der Waals surface area contributed by atoms with Gasteiger partial charge in [0.15, 0.2) is 0 Å². The average molecular weight is 289 g/mol. The lowest BCUT2D eigenvalue weighted by molar-refractivity contribution is 0.553. The summed E-state index contributed by atoms with van der Waals surface area (Å²) in [6, 6.07) is 4.56. The normalized spacial score (nSPS) is 16.6. The van der Waals surface area contributed by atoms with Gasteiger partial charge in [0.05, 0.1) is 0 Å². The molecule has 1 N–H and O–H groups in total. The largest absolute Gasteiger partial charge is 0.357 e. The van der Waals surface area contributed by atoms with E-state index in [-0.39, 0.29) is 0 Å². The maximum Gasteiger partial charge on any atom is 0.129 e. The van der Waals surface area contributed by atoms with Gasteiger partial charge in [-0.05, 0) is 49.9 Å². The summed E-state index contributed by atoms with van der Waals surface area (Å²) in [6.45, 7) is 8.79. The van der Waals surface area contributed by atoms with Gasteiger partial charge in [-0.15, -0.1) is 0 Å². The standard InChI is InChI=1S/C18H31N3/c1-3-10-19-15-16-13-17(4-2)20-18(14-16)21-11-8-6-5-7-9-12-21/h13-14,19H,3-12,15H2,1-2H3. The van der Waals surface area contributed by atoms with Crippen LogP contribution in [0.1, 0.15) is 63.6 Å². The van der Waals surface area contributed by atoms with Crippen molar-refractivity contribution < 1.29 is 0 Å². The molecule has 3 heteroatoms. The molecule has 0 spiro atoms. The molecule has 0 radical (unpaired) electrons. The Hall–Kier alpha value is -1.09. The Morgan fingerprint density at radius 3 is 2.43 bits per heavy atom. The number of hydrogen-bond donors (Lipinski definition) is 1. The van der Waals surface area contributed by atoms with E-state index in [1.54, 1.807) is 0 Å². The zero-order valence-corrected chi connectivity index (χ0v) is 13.8. The second-order valence-electron chi connectivity index (χ2n) is 6.11. The highest BCUT2D eigenvalue weighted by molar-refractivity contribution is 5.43. The third kappa shape index (κ3) is 5.31. The minimum absolute atomic E-state index is 0.962. The lowest BCUT2D eigenvalue weighted by Crippen LogP contribution is -2.28. The van der Waals surface area contributed by atoms with Crippen LogP contribution in [0.2, 0.25) is 0 Å². The number of nitrogens with zero attached hydrogens (tertiary/aromatic N) is 2. The van der Waals surface area contributed by atoms with Crippen LogP contribution < -0.4 is 10.2 Å². The molecule has 0 aromatic carbocycles. The van der Waals surface area contributed by atoms with Gasteiger partial charge in [0, 0.05) is 25.3 Å². The molecule has 1 aromatic rings. The maximum atomic E-state index is 4.87. The summed E-state index contributed by atoms with van der Waals surface area (Å²) in [4.78, 5) is 7.38. The van der Waals surface area contributed by atoms with E-state index in [2.05, 4.69) is 36.2 Å². The van der Waals surface area contributed by atoms with E-state index >= 15 is 0 Å². The van der Waals surface area contributed by atoms with E-state index in [9.17, 15) is 0 Å². The predicted octanol–water partition coefficient (Wildman–Crippen LogP) is 3.91. The summed E-state index contributed by atoms with van der Waals surface area (Å²) in [6.07, 6.45) is 8.96. The predicted molar refractivity (Wildman–Crippen MR) is 90.9 cm³/mol. The van der Waals surface area contributed by atoms with E-state index in [0.29, 0.717) is 0 Å². The smallest absolute Gasteiger partial charge is 0.129 e. The minimum atomic E-state index is 0.962. The summed E-state index contributed by atoms with van der Waals surface area (Å²) < 4.78 is 0. The number of rotatable bonds is 6. The van der Waals surface area contributed by atoms with Crippen molar-refractivity contribution in [2.75, 3.05) is 24.5 Å². The summed E-state index contributed by atoms with van der Waals surface area (Å²) >= 11 is 0. The SMILES string of the molecule is CCCNCc1cc(CC)nc(N2CCCCCCC2)c1. The molecular formula is C18H31N3. The molecule has 1 aromatic heterocycles. The highest BCUT2D eigenvalue weighted by Crippen LogP contribution is 2.20. The molecule has 0 aliphatic carbocycles. The molecule has 1 aliphatic heterocycles. The molecule has 0 bridgehead atoms. The first-order valence-corrected chi connectivity index (χ1v) is 8.79. The number of pyridine rings is 1. The van der Waals surface area contributed by atoms with Crippen molar-refractivity contribution >= 4 is 5.82 Å². The van der Waals surface area contributed by atoms with Gasteiger partial charge in [0.1, 0.15) is 5.82 Å². The summed E-state index contributed by atoms with van der Waals surface area (Å²) in [5.41, 5.74) is 2.61. The monoisotopic (exact) mass is 289 g/mol. The van der Waals surface area contributed by atoms with Gasteiger partial charge in [0.2, 0.25) is 0 Å². The molecular weight excluding hydrogens is 258 g/mol. The van der Waals surface area contributed by atoms with Gasteiger partial charge in [-0.3, -0.25) is 0 Å². The lowest BCUT2D eigenvalue weighted by Gasteiger charge is -2.26. The topological polar surface area (TPSA) is 28.2 Å². The number of anilines is 1. The third-order valence-corrected chi connectivity index (χ3v) is 4.22. The van der Waals surface area contributed by atoms with Gasteiger partial charge in [0.25, 0.3) is 0 Å². The number of nitrogens with one attached hydrogen (secondary N) is 1. The van der Waals surface area contributed by atoms with Crippen LogP contribution in [-0.4, -0.2) is 24.6 Å².